The number of hydrogen-bond acceptors (Lipinski definition) is 4. The van der Waals surface area contributed by atoms with Crippen molar-refractivity contribution in [3.63, 3.8) is 0 Å². The third kappa shape index (κ3) is 6.86. The number of amides is 1. The molecule has 0 fully saturated rings. The normalized spacial score (nSPS) is 13.2. The molecule has 0 unspecified atom stereocenters. The molecule has 0 aromatic heterocycles. The van der Waals surface area contributed by atoms with Crippen molar-refractivity contribution in [1.29, 1.82) is 0 Å². The van der Waals surface area contributed by atoms with Crippen molar-refractivity contribution in [1.82, 2.24) is 4.90 Å². The van der Waals surface area contributed by atoms with Crippen molar-refractivity contribution in [3.05, 3.63) is 106 Å². The van der Waals surface area contributed by atoms with Gasteiger partial charge in [0.2, 0.25) is 0 Å². The van der Waals surface area contributed by atoms with Gasteiger partial charge in [0.15, 0.2) is 0 Å². The molecule has 4 rings (SSSR count). The van der Waals surface area contributed by atoms with Crippen molar-refractivity contribution in [2.24, 2.45) is 0 Å². The van der Waals surface area contributed by atoms with Gasteiger partial charge >= 0.3 is 6.09 Å². The van der Waals surface area contributed by atoms with E-state index < -0.39 is 0 Å². The van der Waals surface area contributed by atoms with Crippen LogP contribution in [-0.2, 0) is 18.0 Å². The first kappa shape index (κ1) is 22.9. The van der Waals surface area contributed by atoms with Gasteiger partial charge in [0.25, 0.3) is 0 Å². The summed E-state index contributed by atoms with van der Waals surface area (Å²) < 4.78 is 18.3. The smallest absolute Gasteiger partial charge is 0.410 e. The molecule has 33 heavy (non-hydrogen) atoms. The predicted octanol–water partition coefficient (Wildman–Crippen LogP) is 6.38. The maximum Gasteiger partial charge on any atom is 0.410 e. The standard InChI is InChI=1S/C27H26BrNO4/c28-25-14-13-24(31-18-21-8-3-1-4-9-21)16-26(25)32-20-23-12-7-15-29(17-23)27(30)33-19-22-10-5-2-6-11-22/h1-6,8-14,16H,7,15,17-20H2. The Balaban J connectivity index is 1.28. The highest BCUT2D eigenvalue weighted by Gasteiger charge is 2.20. The minimum absolute atomic E-state index is 0.272. The highest BCUT2D eigenvalue weighted by Crippen LogP contribution is 2.30. The number of rotatable bonds is 8. The molecule has 0 spiro atoms. The largest absolute Gasteiger partial charge is 0.489 e. The lowest BCUT2D eigenvalue weighted by atomic mass is 10.1. The molecule has 5 nitrogen and oxygen atoms in total. The van der Waals surface area contributed by atoms with Gasteiger partial charge in [-0.1, -0.05) is 66.7 Å². The molecular weight excluding hydrogens is 482 g/mol. The summed E-state index contributed by atoms with van der Waals surface area (Å²) in [7, 11) is 0. The van der Waals surface area contributed by atoms with Gasteiger partial charge in [-0.05, 0) is 51.2 Å². The molecule has 0 N–H and O–H groups in total. The number of hydrogen-bond donors (Lipinski definition) is 0. The van der Waals surface area contributed by atoms with E-state index in [2.05, 4.69) is 22.0 Å². The SMILES string of the molecule is O=C(OCc1ccccc1)N1CCC=C(COc2cc(OCc3ccccc3)ccc2Br)C1. The maximum atomic E-state index is 12.5. The molecule has 0 radical (unpaired) electrons. The first-order valence-corrected chi connectivity index (χ1v) is 11.7. The zero-order valence-corrected chi connectivity index (χ0v) is 19.9. The second-order valence-corrected chi connectivity index (χ2v) is 8.62. The van der Waals surface area contributed by atoms with Crippen LogP contribution in [0.2, 0.25) is 0 Å². The average molecular weight is 508 g/mol. The second kappa shape index (κ2) is 11.6. The van der Waals surface area contributed by atoms with Crippen molar-refractivity contribution < 1.29 is 19.0 Å². The molecule has 0 bridgehead atoms. The lowest BCUT2D eigenvalue weighted by Gasteiger charge is -2.27. The summed E-state index contributed by atoms with van der Waals surface area (Å²) >= 11 is 3.54. The number of carbonyl (C=O) groups is 1. The molecule has 3 aromatic carbocycles. The minimum atomic E-state index is -0.304. The Hall–Kier alpha value is -3.25. The fourth-order valence-electron chi connectivity index (χ4n) is 3.48. The van der Waals surface area contributed by atoms with Crippen LogP contribution in [0.1, 0.15) is 17.5 Å². The topological polar surface area (TPSA) is 48.0 Å². The summed E-state index contributed by atoms with van der Waals surface area (Å²) in [6, 6.07) is 25.4. The molecule has 1 aliphatic rings. The monoisotopic (exact) mass is 507 g/mol. The summed E-state index contributed by atoms with van der Waals surface area (Å²) in [5, 5.41) is 0. The van der Waals surface area contributed by atoms with E-state index in [9.17, 15) is 4.79 Å². The van der Waals surface area contributed by atoms with Crippen LogP contribution in [0.5, 0.6) is 11.5 Å². The molecule has 6 heteroatoms. The van der Waals surface area contributed by atoms with Gasteiger partial charge in [0.05, 0.1) is 4.47 Å². The lowest BCUT2D eigenvalue weighted by Crippen LogP contribution is -2.37. The molecule has 0 saturated carbocycles. The van der Waals surface area contributed by atoms with Crippen molar-refractivity contribution in [2.45, 2.75) is 19.6 Å². The van der Waals surface area contributed by atoms with E-state index in [1.807, 2.05) is 78.9 Å². The van der Waals surface area contributed by atoms with Gasteiger partial charge < -0.3 is 19.1 Å². The molecule has 1 amide bonds. The van der Waals surface area contributed by atoms with Gasteiger partial charge in [-0.3, -0.25) is 0 Å². The highest BCUT2D eigenvalue weighted by molar-refractivity contribution is 9.10. The van der Waals surface area contributed by atoms with Crippen LogP contribution in [0.25, 0.3) is 0 Å². The van der Waals surface area contributed by atoms with E-state index in [0.717, 1.165) is 33.3 Å². The van der Waals surface area contributed by atoms with Crippen molar-refractivity contribution in [3.8, 4) is 11.5 Å². The number of ether oxygens (including phenoxy) is 3. The Morgan fingerprint density at radius 3 is 2.27 bits per heavy atom. The van der Waals surface area contributed by atoms with E-state index in [0.29, 0.717) is 32.1 Å². The first-order chi connectivity index (χ1) is 16.2. The van der Waals surface area contributed by atoms with Gasteiger partial charge in [-0.2, -0.15) is 0 Å². The van der Waals surface area contributed by atoms with E-state index in [4.69, 9.17) is 14.2 Å². The van der Waals surface area contributed by atoms with Crippen LogP contribution in [0.15, 0.2) is 95.0 Å². The summed E-state index contributed by atoms with van der Waals surface area (Å²) in [6.07, 6.45) is 2.60. The van der Waals surface area contributed by atoms with Crippen LogP contribution >= 0.6 is 15.9 Å². The van der Waals surface area contributed by atoms with Crippen LogP contribution in [-0.4, -0.2) is 30.7 Å². The highest BCUT2D eigenvalue weighted by atomic mass is 79.9. The Labute approximate surface area is 202 Å². The summed E-state index contributed by atoms with van der Waals surface area (Å²) in [5.74, 6) is 1.44. The minimum Gasteiger partial charge on any atom is -0.489 e. The van der Waals surface area contributed by atoms with Crippen LogP contribution in [0.4, 0.5) is 4.79 Å². The second-order valence-electron chi connectivity index (χ2n) is 7.77. The molecule has 1 aliphatic heterocycles. The van der Waals surface area contributed by atoms with Gasteiger partial charge in [0.1, 0.15) is 31.3 Å². The molecular formula is C27H26BrNO4. The predicted molar refractivity (Wildman–Crippen MR) is 131 cm³/mol. The Kier molecular flexibility index (Phi) is 8.04. The zero-order chi connectivity index (χ0) is 22.9. The van der Waals surface area contributed by atoms with Gasteiger partial charge in [0, 0.05) is 19.2 Å². The Morgan fingerprint density at radius 1 is 0.848 bits per heavy atom. The maximum absolute atomic E-state index is 12.5. The van der Waals surface area contributed by atoms with Crippen LogP contribution in [0, 0.1) is 0 Å². The number of halogens is 1. The molecule has 0 aliphatic carbocycles. The molecule has 0 saturated heterocycles. The van der Waals surface area contributed by atoms with Crippen molar-refractivity contribution in [2.75, 3.05) is 19.7 Å². The van der Waals surface area contributed by atoms with Gasteiger partial charge in [-0.25, -0.2) is 4.79 Å². The first-order valence-electron chi connectivity index (χ1n) is 10.9. The number of benzene rings is 3. The van der Waals surface area contributed by atoms with E-state index in [1.54, 1.807) is 4.90 Å². The number of nitrogens with zero attached hydrogens (tertiary/aromatic N) is 1. The van der Waals surface area contributed by atoms with Crippen LogP contribution in [0.3, 0.4) is 0 Å². The summed E-state index contributed by atoms with van der Waals surface area (Å²) in [4.78, 5) is 14.2. The Morgan fingerprint density at radius 2 is 1.55 bits per heavy atom. The van der Waals surface area contributed by atoms with E-state index in [1.165, 1.54) is 0 Å². The molecule has 1 heterocycles. The number of carbonyl (C=O) groups excluding carboxylic acids is 1. The molecule has 170 valence electrons. The average Bonchev–Trinajstić information content (AvgIpc) is 2.87. The summed E-state index contributed by atoms with van der Waals surface area (Å²) in [6.45, 7) is 2.30. The van der Waals surface area contributed by atoms with E-state index >= 15 is 0 Å². The molecule has 0 atom stereocenters. The van der Waals surface area contributed by atoms with E-state index in [-0.39, 0.29) is 12.7 Å². The zero-order valence-electron chi connectivity index (χ0n) is 18.3. The molecule has 3 aromatic rings. The van der Waals surface area contributed by atoms with Crippen LogP contribution < -0.4 is 9.47 Å². The fraction of sp³-hybridized carbons (Fsp3) is 0.222. The summed E-state index contributed by atoms with van der Waals surface area (Å²) in [5.41, 5.74) is 3.12. The quantitative estimate of drug-likeness (QED) is 0.332. The Bertz CT molecular complexity index is 1090. The van der Waals surface area contributed by atoms with Crippen molar-refractivity contribution >= 4 is 22.0 Å². The lowest BCUT2D eigenvalue weighted by molar-refractivity contribution is 0.0973. The third-order valence-corrected chi connectivity index (χ3v) is 5.91. The fourth-order valence-corrected chi connectivity index (χ4v) is 3.84. The van der Waals surface area contributed by atoms with Gasteiger partial charge in [-0.15, -0.1) is 0 Å². The third-order valence-electron chi connectivity index (χ3n) is 5.25.